The van der Waals surface area contributed by atoms with E-state index in [-0.39, 0.29) is 16.6 Å². The topological polar surface area (TPSA) is 29.5 Å². The van der Waals surface area contributed by atoms with Gasteiger partial charge in [0, 0.05) is 24.4 Å². The first kappa shape index (κ1) is 24.9. The summed E-state index contributed by atoms with van der Waals surface area (Å²) in [4.78, 5) is 13.3. The third-order valence-corrected chi connectivity index (χ3v) is 5.63. The van der Waals surface area contributed by atoms with Crippen molar-refractivity contribution >= 4 is 11.5 Å². The van der Waals surface area contributed by atoms with Gasteiger partial charge in [0.1, 0.15) is 0 Å². The number of hydrogen-bond acceptors (Lipinski definition) is 3. The van der Waals surface area contributed by atoms with E-state index in [0.29, 0.717) is 0 Å². The lowest BCUT2D eigenvalue weighted by molar-refractivity contribution is 0.0641. The second-order valence-electron chi connectivity index (χ2n) is 10.3. The third kappa shape index (κ3) is 7.36. The Bertz CT molecular complexity index is 859. The average molecular weight is 422 g/mol. The van der Waals surface area contributed by atoms with Crippen LogP contribution in [0.15, 0.2) is 55.1 Å². The third-order valence-electron chi connectivity index (χ3n) is 5.63. The zero-order valence-electron chi connectivity index (χ0n) is 20.4. The van der Waals surface area contributed by atoms with Crippen LogP contribution in [0, 0.1) is 0 Å². The maximum Gasteiger partial charge on any atom is 0.159 e. The minimum Gasteiger partial charge on any atom is -0.378 e. The van der Waals surface area contributed by atoms with Crippen molar-refractivity contribution in [2.24, 2.45) is 0 Å². The first-order chi connectivity index (χ1) is 14.4. The van der Waals surface area contributed by atoms with Crippen molar-refractivity contribution < 1.29 is 9.53 Å². The lowest BCUT2D eigenvalue weighted by atomic mass is 9.86. The number of carbonyl (C=O) groups is 1. The van der Waals surface area contributed by atoms with E-state index < -0.39 is 0 Å². The second-order valence-corrected chi connectivity index (χ2v) is 10.3. The van der Waals surface area contributed by atoms with Crippen LogP contribution in [0.25, 0.3) is 5.70 Å². The van der Waals surface area contributed by atoms with Crippen LogP contribution in [0.2, 0.25) is 0 Å². The number of morpholine rings is 1. The Hall–Kier alpha value is -2.39. The Kier molecular flexibility index (Phi) is 8.25. The average Bonchev–Trinajstić information content (AvgIpc) is 2.73. The molecular formula is C28H39NO2. The van der Waals surface area contributed by atoms with Crippen molar-refractivity contribution in [3.63, 3.8) is 0 Å². The molecule has 1 aliphatic rings. The Morgan fingerprint density at radius 1 is 0.774 bits per heavy atom. The van der Waals surface area contributed by atoms with Crippen LogP contribution in [0.5, 0.6) is 0 Å². The minimum atomic E-state index is 0.125. The van der Waals surface area contributed by atoms with E-state index in [1.54, 1.807) is 6.92 Å². The fourth-order valence-electron chi connectivity index (χ4n) is 3.38. The summed E-state index contributed by atoms with van der Waals surface area (Å²) in [6, 6.07) is 16.6. The van der Waals surface area contributed by atoms with Gasteiger partial charge in [-0.3, -0.25) is 4.79 Å². The van der Waals surface area contributed by atoms with Crippen molar-refractivity contribution in [1.82, 2.24) is 4.90 Å². The molecule has 0 N–H and O–H groups in total. The first-order valence-corrected chi connectivity index (χ1v) is 11.1. The molecule has 0 aromatic heterocycles. The Morgan fingerprint density at radius 3 is 1.52 bits per heavy atom. The van der Waals surface area contributed by atoms with Crippen LogP contribution < -0.4 is 0 Å². The molecule has 1 saturated heterocycles. The quantitative estimate of drug-likeness (QED) is 0.532. The number of carbonyl (C=O) groups excluding carboxylic acids is 1. The zero-order valence-corrected chi connectivity index (χ0v) is 20.4. The van der Waals surface area contributed by atoms with Crippen molar-refractivity contribution in [3.05, 3.63) is 77.4 Å². The van der Waals surface area contributed by atoms with Crippen molar-refractivity contribution in [1.29, 1.82) is 0 Å². The monoisotopic (exact) mass is 421 g/mol. The van der Waals surface area contributed by atoms with Gasteiger partial charge in [-0.25, -0.2) is 0 Å². The van der Waals surface area contributed by atoms with Gasteiger partial charge in [-0.1, -0.05) is 96.7 Å². The highest BCUT2D eigenvalue weighted by Crippen LogP contribution is 2.25. The van der Waals surface area contributed by atoms with Crippen molar-refractivity contribution in [3.8, 4) is 0 Å². The Balaban J connectivity index is 0.000000233. The summed E-state index contributed by atoms with van der Waals surface area (Å²) in [5, 5.41) is 0. The van der Waals surface area contributed by atoms with Gasteiger partial charge in [0.25, 0.3) is 0 Å². The summed E-state index contributed by atoms with van der Waals surface area (Å²) in [5.41, 5.74) is 6.10. The summed E-state index contributed by atoms with van der Waals surface area (Å²) in [6.45, 7) is 22.5. The lowest BCUT2D eigenvalue weighted by Gasteiger charge is -2.30. The van der Waals surface area contributed by atoms with Gasteiger partial charge < -0.3 is 9.64 Å². The van der Waals surface area contributed by atoms with Gasteiger partial charge in [-0.2, -0.15) is 0 Å². The van der Waals surface area contributed by atoms with E-state index in [1.807, 2.05) is 24.3 Å². The zero-order chi connectivity index (χ0) is 23.2. The molecule has 0 bridgehead atoms. The molecule has 0 saturated carbocycles. The largest absolute Gasteiger partial charge is 0.378 e. The molecule has 168 valence electrons. The van der Waals surface area contributed by atoms with Crippen LogP contribution in [0.1, 0.15) is 75.5 Å². The van der Waals surface area contributed by atoms with Gasteiger partial charge in [0.05, 0.1) is 13.2 Å². The van der Waals surface area contributed by atoms with E-state index in [9.17, 15) is 4.79 Å². The van der Waals surface area contributed by atoms with Crippen LogP contribution in [-0.4, -0.2) is 37.0 Å². The molecule has 0 aliphatic carbocycles. The summed E-state index contributed by atoms with van der Waals surface area (Å²) in [6.07, 6.45) is 0. The lowest BCUT2D eigenvalue weighted by Crippen LogP contribution is -2.34. The number of hydrogen-bond donors (Lipinski definition) is 0. The summed E-state index contributed by atoms with van der Waals surface area (Å²) < 4.78 is 5.37. The first-order valence-electron chi connectivity index (χ1n) is 11.1. The highest BCUT2D eigenvalue weighted by Gasteiger charge is 2.16. The molecule has 2 aromatic rings. The molecule has 1 heterocycles. The number of benzene rings is 2. The standard InChI is InChI=1S/C16H23NO.C12H16O/c1-13(17-9-11-18-12-10-17)14-5-7-15(8-6-14)16(2,3)4;1-9(13)10-5-7-11(8-6-10)12(2,3)4/h5-8H,1,9-12H2,2-4H3;5-8H,1-4H3. The molecular weight excluding hydrogens is 382 g/mol. The van der Waals surface area contributed by atoms with E-state index in [4.69, 9.17) is 4.74 Å². The number of rotatable bonds is 3. The molecule has 3 nitrogen and oxygen atoms in total. The molecule has 0 atom stereocenters. The second kappa shape index (κ2) is 10.3. The molecule has 0 spiro atoms. The maximum absolute atomic E-state index is 11.0. The van der Waals surface area contributed by atoms with Crippen molar-refractivity contribution in [2.45, 2.75) is 59.3 Å². The van der Waals surface area contributed by atoms with Gasteiger partial charge in [0.2, 0.25) is 0 Å². The van der Waals surface area contributed by atoms with Gasteiger partial charge >= 0.3 is 0 Å². The molecule has 0 radical (unpaired) electrons. The van der Waals surface area contributed by atoms with Gasteiger partial charge in [-0.15, -0.1) is 0 Å². The summed E-state index contributed by atoms with van der Waals surface area (Å²) in [5.74, 6) is 0.125. The van der Waals surface area contributed by atoms with E-state index >= 15 is 0 Å². The Morgan fingerprint density at radius 2 is 1.16 bits per heavy atom. The normalized spacial score (nSPS) is 14.5. The van der Waals surface area contributed by atoms with Gasteiger partial charge in [-0.05, 0) is 34.4 Å². The maximum atomic E-state index is 11.0. The number of Topliss-reactive ketones (excluding diaryl/α,β-unsaturated/α-hetero) is 1. The van der Waals surface area contributed by atoms with Crippen LogP contribution in [-0.2, 0) is 15.6 Å². The van der Waals surface area contributed by atoms with E-state index in [2.05, 4.69) is 77.3 Å². The molecule has 3 rings (SSSR count). The molecule has 1 fully saturated rings. The summed E-state index contributed by atoms with van der Waals surface area (Å²) in [7, 11) is 0. The minimum absolute atomic E-state index is 0.125. The molecule has 0 unspecified atom stereocenters. The van der Waals surface area contributed by atoms with Crippen LogP contribution >= 0.6 is 0 Å². The SMILES string of the molecule is C=C(c1ccc(C(C)(C)C)cc1)N1CCOCC1.CC(=O)c1ccc(C(C)(C)C)cc1. The number of ketones is 1. The highest BCUT2D eigenvalue weighted by molar-refractivity contribution is 5.94. The Labute approximate surface area is 189 Å². The molecule has 2 aromatic carbocycles. The van der Waals surface area contributed by atoms with Crippen LogP contribution in [0.4, 0.5) is 0 Å². The molecule has 0 amide bonds. The predicted molar refractivity (Wildman–Crippen MR) is 132 cm³/mol. The fraction of sp³-hybridized carbons (Fsp3) is 0.464. The molecule has 31 heavy (non-hydrogen) atoms. The number of ether oxygens (including phenoxy) is 1. The van der Waals surface area contributed by atoms with Crippen molar-refractivity contribution in [2.75, 3.05) is 26.3 Å². The smallest absolute Gasteiger partial charge is 0.159 e. The summed E-state index contributed by atoms with van der Waals surface area (Å²) >= 11 is 0. The van der Waals surface area contributed by atoms with E-state index in [1.165, 1.54) is 16.7 Å². The van der Waals surface area contributed by atoms with Crippen LogP contribution in [0.3, 0.4) is 0 Å². The fourth-order valence-corrected chi connectivity index (χ4v) is 3.38. The highest BCUT2D eigenvalue weighted by atomic mass is 16.5. The number of nitrogens with zero attached hydrogens (tertiary/aromatic N) is 1. The molecule has 1 aliphatic heterocycles. The van der Waals surface area contributed by atoms with Gasteiger partial charge in [0.15, 0.2) is 5.78 Å². The van der Waals surface area contributed by atoms with E-state index in [0.717, 1.165) is 37.6 Å². The molecule has 3 heteroatoms. The predicted octanol–water partition coefficient (Wildman–Crippen LogP) is 6.47.